The summed E-state index contributed by atoms with van der Waals surface area (Å²) in [6.07, 6.45) is 0. The van der Waals surface area contributed by atoms with Crippen LogP contribution in [0.4, 0.5) is 13.8 Å². The molecule has 0 saturated heterocycles. The number of nitrogens with zero attached hydrogens (tertiary/aromatic N) is 3. The summed E-state index contributed by atoms with van der Waals surface area (Å²) in [5, 5.41) is 12.9. The molecule has 33 heavy (non-hydrogen) atoms. The number of primary amides is 1. The molecule has 0 aliphatic heterocycles. The number of carbonyl (C=O) groups is 2. The first-order valence-electron chi connectivity index (χ1n) is 9.65. The maximum atomic E-state index is 13.5. The Labute approximate surface area is 195 Å². The number of anilines is 1. The molecule has 2 aromatic heterocycles. The van der Waals surface area contributed by atoms with Crippen LogP contribution in [0.2, 0.25) is 0 Å². The Morgan fingerprint density at radius 3 is 2.30 bits per heavy atom. The van der Waals surface area contributed by atoms with Gasteiger partial charge in [0.25, 0.3) is 5.91 Å². The van der Waals surface area contributed by atoms with Crippen molar-refractivity contribution in [2.75, 3.05) is 5.32 Å². The van der Waals surface area contributed by atoms with Crippen LogP contribution in [0.5, 0.6) is 0 Å². The molecule has 4 aromatic rings. The monoisotopic (exact) mass is 485 g/mol. The first kappa shape index (κ1) is 22.6. The lowest BCUT2D eigenvalue weighted by Crippen LogP contribution is -2.24. The maximum Gasteiger partial charge on any atom is 0.251 e. The van der Waals surface area contributed by atoms with Crippen molar-refractivity contribution in [2.24, 2.45) is 5.73 Å². The van der Waals surface area contributed by atoms with Gasteiger partial charge in [-0.25, -0.2) is 8.78 Å². The van der Waals surface area contributed by atoms with E-state index in [1.54, 1.807) is 47.2 Å². The molecule has 168 valence electrons. The third-order valence-corrected chi connectivity index (χ3v) is 6.51. The Morgan fingerprint density at radius 1 is 1.03 bits per heavy atom. The molecule has 7 nitrogen and oxygen atoms in total. The first-order chi connectivity index (χ1) is 15.8. The van der Waals surface area contributed by atoms with Crippen molar-refractivity contribution in [1.29, 1.82) is 0 Å². The van der Waals surface area contributed by atoms with Gasteiger partial charge in [0, 0.05) is 11.3 Å². The molecule has 0 bridgehead atoms. The number of benzene rings is 2. The number of carbonyl (C=O) groups excluding carboxylic acids is 2. The van der Waals surface area contributed by atoms with Crippen LogP contribution >= 0.6 is 23.1 Å². The van der Waals surface area contributed by atoms with E-state index in [-0.39, 0.29) is 11.5 Å². The normalized spacial score (nSPS) is 11.8. The van der Waals surface area contributed by atoms with Crippen molar-refractivity contribution in [3.63, 3.8) is 0 Å². The third kappa shape index (κ3) is 4.94. The fourth-order valence-corrected chi connectivity index (χ4v) is 4.64. The number of nitrogens with one attached hydrogen (secondary N) is 1. The van der Waals surface area contributed by atoms with Crippen LogP contribution in [-0.2, 0) is 4.79 Å². The minimum atomic E-state index is -0.633. The SMILES string of the molecule is CC(Sc1nnc(-c2ccc(F)cc2)n1-c1ccc(F)cc1)C(=O)Nc1sccc1C(N)=O. The predicted octanol–water partition coefficient (Wildman–Crippen LogP) is 4.49. The largest absolute Gasteiger partial charge is 0.366 e. The van der Waals surface area contributed by atoms with Crippen LogP contribution in [0.1, 0.15) is 17.3 Å². The zero-order valence-electron chi connectivity index (χ0n) is 17.2. The first-order valence-corrected chi connectivity index (χ1v) is 11.4. The quantitative estimate of drug-likeness (QED) is 0.376. The van der Waals surface area contributed by atoms with E-state index in [0.29, 0.717) is 27.2 Å². The summed E-state index contributed by atoms with van der Waals surface area (Å²) in [7, 11) is 0. The van der Waals surface area contributed by atoms with E-state index in [1.165, 1.54) is 35.6 Å². The van der Waals surface area contributed by atoms with E-state index < -0.39 is 22.8 Å². The van der Waals surface area contributed by atoms with Gasteiger partial charge in [-0.1, -0.05) is 11.8 Å². The minimum Gasteiger partial charge on any atom is -0.366 e. The second kappa shape index (κ2) is 9.51. The molecule has 1 atom stereocenters. The lowest BCUT2D eigenvalue weighted by Gasteiger charge is -2.14. The Morgan fingerprint density at radius 2 is 1.67 bits per heavy atom. The fourth-order valence-electron chi connectivity index (χ4n) is 2.98. The number of thiophene rings is 1. The second-order valence-corrected chi connectivity index (χ2v) is 9.13. The molecule has 0 aliphatic rings. The van der Waals surface area contributed by atoms with Crippen molar-refractivity contribution < 1.29 is 18.4 Å². The van der Waals surface area contributed by atoms with Gasteiger partial charge in [0.2, 0.25) is 5.91 Å². The van der Waals surface area contributed by atoms with Gasteiger partial charge >= 0.3 is 0 Å². The Balaban J connectivity index is 1.65. The molecule has 2 aromatic carbocycles. The topological polar surface area (TPSA) is 103 Å². The van der Waals surface area contributed by atoms with Crippen LogP contribution in [0.3, 0.4) is 0 Å². The Kier molecular flexibility index (Phi) is 6.52. The number of hydrogen-bond acceptors (Lipinski definition) is 6. The number of hydrogen-bond donors (Lipinski definition) is 2. The van der Waals surface area contributed by atoms with Crippen LogP contribution in [0.15, 0.2) is 65.1 Å². The third-order valence-electron chi connectivity index (χ3n) is 4.64. The molecule has 1 unspecified atom stereocenters. The molecule has 2 amide bonds. The van der Waals surface area contributed by atoms with Crippen molar-refractivity contribution in [2.45, 2.75) is 17.3 Å². The smallest absolute Gasteiger partial charge is 0.251 e. The lowest BCUT2D eigenvalue weighted by atomic mass is 10.2. The van der Waals surface area contributed by atoms with E-state index in [1.807, 2.05) is 0 Å². The standard InChI is InChI=1S/C22H17F2N5O2S2/c1-12(20(31)26-21-17(18(25)30)10-11-32-21)33-22-28-27-19(13-2-4-14(23)5-3-13)29(22)16-8-6-15(24)7-9-16/h2-12H,1H3,(H2,25,30)(H,26,31). The maximum absolute atomic E-state index is 13.5. The van der Waals surface area contributed by atoms with Gasteiger partial charge in [-0.3, -0.25) is 14.2 Å². The molecular weight excluding hydrogens is 468 g/mol. The molecule has 0 spiro atoms. The van der Waals surface area contributed by atoms with E-state index in [9.17, 15) is 18.4 Å². The molecule has 3 N–H and O–H groups in total. The van der Waals surface area contributed by atoms with E-state index >= 15 is 0 Å². The predicted molar refractivity (Wildman–Crippen MR) is 123 cm³/mol. The van der Waals surface area contributed by atoms with Crippen molar-refractivity contribution in [3.8, 4) is 17.1 Å². The molecule has 0 fully saturated rings. The summed E-state index contributed by atoms with van der Waals surface area (Å²) in [6.45, 7) is 1.68. The Bertz CT molecular complexity index is 1300. The van der Waals surface area contributed by atoms with E-state index in [4.69, 9.17) is 5.73 Å². The highest BCUT2D eigenvalue weighted by Crippen LogP contribution is 2.31. The number of rotatable bonds is 7. The second-order valence-electron chi connectivity index (χ2n) is 6.90. The van der Waals surface area contributed by atoms with Crippen molar-refractivity contribution >= 4 is 39.9 Å². The van der Waals surface area contributed by atoms with Gasteiger partial charge in [-0.15, -0.1) is 21.5 Å². The number of halogens is 2. The van der Waals surface area contributed by atoms with Gasteiger partial charge in [-0.2, -0.15) is 0 Å². The zero-order valence-corrected chi connectivity index (χ0v) is 18.8. The molecule has 2 heterocycles. The van der Waals surface area contributed by atoms with Crippen molar-refractivity contribution in [3.05, 3.63) is 77.2 Å². The summed E-state index contributed by atoms with van der Waals surface area (Å²) in [6, 6.07) is 13.0. The fraction of sp³-hybridized carbons (Fsp3) is 0.0909. The van der Waals surface area contributed by atoms with E-state index in [0.717, 1.165) is 11.8 Å². The van der Waals surface area contributed by atoms with Gasteiger partial charge < -0.3 is 11.1 Å². The van der Waals surface area contributed by atoms with Gasteiger partial charge in [0.1, 0.15) is 16.6 Å². The number of amides is 2. The van der Waals surface area contributed by atoms with Crippen LogP contribution in [0, 0.1) is 11.6 Å². The minimum absolute atomic E-state index is 0.235. The summed E-state index contributed by atoms with van der Waals surface area (Å²) >= 11 is 2.32. The van der Waals surface area contributed by atoms with Crippen LogP contribution in [0.25, 0.3) is 17.1 Å². The average Bonchev–Trinajstić information content (AvgIpc) is 3.42. The molecule has 11 heteroatoms. The number of aromatic nitrogens is 3. The number of thioether (sulfide) groups is 1. The highest BCUT2D eigenvalue weighted by molar-refractivity contribution is 8.00. The van der Waals surface area contributed by atoms with Crippen LogP contribution in [-0.4, -0.2) is 31.8 Å². The number of nitrogens with two attached hydrogens (primary N) is 1. The molecule has 4 rings (SSSR count). The lowest BCUT2D eigenvalue weighted by molar-refractivity contribution is -0.115. The Hall–Kier alpha value is -3.57. The molecule has 0 aliphatic carbocycles. The summed E-state index contributed by atoms with van der Waals surface area (Å²) < 4.78 is 28.6. The molecule has 0 radical (unpaired) electrons. The van der Waals surface area contributed by atoms with E-state index in [2.05, 4.69) is 15.5 Å². The summed E-state index contributed by atoms with van der Waals surface area (Å²) in [5.74, 6) is -1.38. The van der Waals surface area contributed by atoms with Gasteiger partial charge in [-0.05, 0) is 66.9 Å². The van der Waals surface area contributed by atoms with Crippen LogP contribution < -0.4 is 11.1 Å². The average molecular weight is 486 g/mol. The zero-order chi connectivity index (χ0) is 23.5. The summed E-state index contributed by atoms with van der Waals surface area (Å²) in [4.78, 5) is 24.3. The van der Waals surface area contributed by atoms with Crippen molar-refractivity contribution in [1.82, 2.24) is 14.8 Å². The molecular formula is C22H17F2N5O2S2. The van der Waals surface area contributed by atoms with Gasteiger partial charge in [0.15, 0.2) is 11.0 Å². The highest BCUT2D eigenvalue weighted by atomic mass is 32.2. The highest BCUT2D eigenvalue weighted by Gasteiger charge is 2.23. The molecule has 0 saturated carbocycles. The summed E-state index contributed by atoms with van der Waals surface area (Å²) in [5.41, 5.74) is 6.74. The van der Waals surface area contributed by atoms with Gasteiger partial charge in [0.05, 0.1) is 10.8 Å².